The van der Waals surface area contributed by atoms with Crippen molar-refractivity contribution in [2.24, 2.45) is 0 Å². The van der Waals surface area contributed by atoms with Gasteiger partial charge in [0.05, 0.1) is 7.11 Å². The van der Waals surface area contributed by atoms with E-state index < -0.39 is 6.10 Å². The topological polar surface area (TPSA) is 47.6 Å². The minimum absolute atomic E-state index is 0.146. The predicted molar refractivity (Wildman–Crippen MR) is 100 cm³/mol. The van der Waals surface area contributed by atoms with E-state index >= 15 is 0 Å². The lowest BCUT2D eigenvalue weighted by Gasteiger charge is -2.18. The number of aryl methyl sites for hydroxylation is 1. The largest absolute Gasteiger partial charge is 0.497 e. The van der Waals surface area contributed by atoms with E-state index in [2.05, 4.69) is 27.9 Å². The molecule has 4 nitrogen and oxygen atoms in total. The number of methoxy groups -OCH3 is 1. The van der Waals surface area contributed by atoms with Crippen LogP contribution in [0.2, 0.25) is 0 Å². The summed E-state index contributed by atoms with van der Waals surface area (Å²) in [5, 5.41) is 2.94. The van der Waals surface area contributed by atoms with Crippen molar-refractivity contribution in [1.82, 2.24) is 0 Å². The highest BCUT2D eigenvalue weighted by Crippen LogP contribution is 2.21. The standard InChI is InChI=1S/C18H20INO3/c1-4-17(23-15-8-6-14(22-3)7-9-15)18(21)20-16-10-5-13(19)11-12(16)2/h5-11,17H,4H2,1-3H3,(H,20,21). The van der Waals surface area contributed by atoms with Gasteiger partial charge in [0.15, 0.2) is 6.10 Å². The molecule has 2 aromatic carbocycles. The lowest BCUT2D eigenvalue weighted by atomic mass is 10.2. The average Bonchev–Trinajstić information content (AvgIpc) is 2.55. The predicted octanol–water partition coefficient (Wildman–Crippen LogP) is 4.40. The maximum Gasteiger partial charge on any atom is 0.265 e. The molecule has 0 saturated heterocycles. The highest BCUT2D eigenvalue weighted by molar-refractivity contribution is 14.1. The highest BCUT2D eigenvalue weighted by Gasteiger charge is 2.19. The van der Waals surface area contributed by atoms with Gasteiger partial charge in [-0.15, -0.1) is 0 Å². The third-order valence-corrected chi connectivity index (χ3v) is 4.12. The Balaban J connectivity index is 2.05. The molecular formula is C18H20INO3. The average molecular weight is 425 g/mol. The Morgan fingerprint density at radius 2 is 1.83 bits per heavy atom. The fraction of sp³-hybridized carbons (Fsp3) is 0.278. The summed E-state index contributed by atoms with van der Waals surface area (Å²) >= 11 is 2.25. The molecule has 1 atom stereocenters. The number of halogens is 1. The van der Waals surface area contributed by atoms with Crippen molar-refractivity contribution in [1.29, 1.82) is 0 Å². The van der Waals surface area contributed by atoms with Crippen LogP contribution in [0.5, 0.6) is 11.5 Å². The van der Waals surface area contributed by atoms with E-state index in [1.54, 1.807) is 19.2 Å². The maximum atomic E-state index is 12.4. The number of nitrogens with one attached hydrogen (secondary N) is 1. The van der Waals surface area contributed by atoms with E-state index in [4.69, 9.17) is 9.47 Å². The van der Waals surface area contributed by atoms with Crippen molar-refractivity contribution in [2.45, 2.75) is 26.4 Å². The summed E-state index contributed by atoms with van der Waals surface area (Å²) in [6, 6.07) is 13.1. The first-order valence-corrected chi connectivity index (χ1v) is 8.49. The lowest BCUT2D eigenvalue weighted by Crippen LogP contribution is -2.32. The molecule has 0 saturated carbocycles. The molecule has 2 rings (SSSR count). The third kappa shape index (κ3) is 4.86. The van der Waals surface area contributed by atoms with Crippen LogP contribution in [0.1, 0.15) is 18.9 Å². The highest BCUT2D eigenvalue weighted by atomic mass is 127. The molecule has 2 aromatic rings. The molecule has 0 heterocycles. The zero-order valence-electron chi connectivity index (χ0n) is 13.4. The smallest absolute Gasteiger partial charge is 0.265 e. The molecule has 0 spiro atoms. The summed E-state index contributed by atoms with van der Waals surface area (Å²) < 4.78 is 12.0. The van der Waals surface area contributed by atoms with Gasteiger partial charge in [-0.3, -0.25) is 4.79 Å². The molecule has 0 aliphatic rings. The van der Waals surface area contributed by atoms with Gasteiger partial charge in [0, 0.05) is 9.26 Å². The molecule has 0 aliphatic carbocycles. The van der Waals surface area contributed by atoms with Crippen LogP contribution >= 0.6 is 22.6 Å². The first-order chi connectivity index (χ1) is 11.0. The summed E-state index contributed by atoms with van der Waals surface area (Å²) in [7, 11) is 1.61. The molecule has 23 heavy (non-hydrogen) atoms. The van der Waals surface area contributed by atoms with Gasteiger partial charge in [0.1, 0.15) is 11.5 Å². The zero-order chi connectivity index (χ0) is 16.8. The zero-order valence-corrected chi connectivity index (χ0v) is 15.6. The SMILES string of the molecule is CCC(Oc1ccc(OC)cc1)C(=O)Nc1ccc(I)cc1C. The van der Waals surface area contributed by atoms with Crippen molar-refractivity contribution >= 4 is 34.2 Å². The third-order valence-electron chi connectivity index (χ3n) is 3.45. The number of ether oxygens (including phenoxy) is 2. The quantitative estimate of drug-likeness (QED) is 0.698. The van der Waals surface area contributed by atoms with Crippen molar-refractivity contribution in [3.8, 4) is 11.5 Å². The normalized spacial score (nSPS) is 11.7. The van der Waals surface area contributed by atoms with Crippen LogP contribution in [0.4, 0.5) is 5.69 Å². The second-order valence-electron chi connectivity index (χ2n) is 5.14. The molecule has 0 aliphatic heterocycles. The van der Waals surface area contributed by atoms with Crippen molar-refractivity contribution < 1.29 is 14.3 Å². The molecule has 122 valence electrons. The van der Waals surface area contributed by atoms with Crippen LogP contribution in [-0.2, 0) is 4.79 Å². The van der Waals surface area contributed by atoms with Gasteiger partial charge >= 0.3 is 0 Å². The Morgan fingerprint density at radius 1 is 1.17 bits per heavy atom. The van der Waals surface area contributed by atoms with Crippen LogP contribution in [0.15, 0.2) is 42.5 Å². The van der Waals surface area contributed by atoms with Crippen LogP contribution in [0, 0.1) is 10.5 Å². The Hall–Kier alpha value is -1.76. The summed E-state index contributed by atoms with van der Waals surface area (Å²) in [5.74, 6) is 1.25. The van der Waals surface area contributed by atoms with E-state index in [9.17, 15) is 4.79 Å². The number of benzene rings is 2. The number of hydrogen-bond acceptors (Lipinski definition) is 3. The van der Waals surface area contributed by atoms with E-state index in [1.165, 1.54) is 0 Å². The first-order valence-electron chi connectivity index (χ1n) is 7.41. The minimum atomic E-state index is -0.540. The Morgan fingerprint density at radius 3 is 2.39 bits per heavy atom. The molecule has 0 aromatic heterocycles. The summed E-state index contributed by atoms with van der Waals surface area (Å²) in [6.45, 7) is 3.90. The summed E-state index contributed by atoms with van der Waals surface area (Å²) in [4.78, 5) is 12.4. The van der Waals surface area contributed by atoms with Crippen LogP contribution in [0.25, 0.3) is 0 Å². The molecule has 1 unspecified atom stereocenters. The Kier molecular flexibility index (Phi) is 6.27. The van der Waals surface area contributed by atoms with E-state index in [0.29, 0.717) is 12.2 Å². The number of rotatable bonds is 6. The van der Waals surface area contributed by atoms with Gasteiger partial charge in [0.2, 0.25) is 0 Å². The monoisotopic (exact) mass is 425 g/mol. The van der Waals surface area contributed by atoms with E-state index in [-0.39, 0.29) is 5.91 Å². The summed E-state index contributed by atoms with van der Waals surface area (Å²) in [6.07, 6.45) is 0.0449. The molecule has 0 fully saturated rings. The maximum absolute atomic E-state index is 12.4. The first kappa shape index (κ1) is 17.6. The lowest BCUT2D eigenvalue weighted by molar-refractivity contribution is -0.122. The van der Waals surface area contributed by atoms with Gasteiger partial charge in [-0.2, -0.15) is 0 Å². The van der Waals surface area contributed by atoms with Gasteiger partial charge in [-0.1, -0.05) is 6.92 Å². The van der Waals surface area contributed by atoms with Crippen LogP contribution in [-0.4, -0.2) is 19.1 Å². The number of carbonyl (C=O) groups is 1. The van der Waals surface area contributed by atoms with Gasteiger partial charge in [0.25, 0.3) is 5.91 Å². The van der Waals surface area contributed by atoms with Crippen molar-refractivity contribution in [2.75, 3.05) is 12.4 Å². The molecule has 1 amide bonds. The van der Waals surface area contributed by atoms with Crippen molar-refractivity contribution in [3.05, 3.63) is 51.6 Å². The molecule has 5 heteroatoms. The fourth-order valence-electron chi connectivity index (χ4n) is 2.12. The van der Waals surface area contributed by atoms with Gasteiger partial charge < -0.3 is 14.8 Å². The number of amides is 1. The Bertz CT molecular complexity index is 670. The summed E-state index contributed by atoms with van der Waals surface area (Å²) in [5.41, 5.74) is 1.84. The second kappa shape index (κ2) is 8.19. The molecule has 0 radical (unpaired) electrons. The van der Waals surface area contributed by atoms with Crippen LogP contribution in [0.3, 0.4) is 0 Å². The van der Waals surface area contributed by atoms with E-state index in [0.717, 1.165) is 20.6 Å². The molecule has 0 bridgehead atoms. The minimum Gasteiger partial charge on any atom is -0.497 e. The Labute approximate surface area is 150 Å². The van der Waals surface area contributed by atoms with Crippen LogP contribution < -0.4 is 14.8 Å². The second-order valence-corrected chi connectivity index (χ2v) is 6.38. The molecular weight excluding hydrogens is 405 g/mol. The number of anilines is 1. The van der Waals surface area contributed by atoms with Gasteiger partial charge in [-0.05, 0) is 84.0 Å². The number of carbonyl (C=O) groups excluding carboxylic acids is 1. The van der Waals surface area contributed by atoms with E-state index in [1.807, 2.05) is 44.2 Å². The van der Waals surface area contributed by atoms with Gasteiger partial charge in [-0.25, -0.2) is 0 Å². The molecule has 1 N–H and O–H groups in total. The fourth-order valence-corrected chi connectivity index (χ4v) is 2.77. The van der Waals surface area contributed by atoms with Crippen molar-refractivity contribution in [3.63, 3.8) is 0 Å². The number of hydrogen-bond donors (Lipinski definition) is 1.